The monoisotopic (exact) mass is 417 g/mol. The first-order valence-electron chi connectivity index (χ1n) is 10.8. The van der Waals surface area contributed by atoms with Gasteiger partial charge in [-0.05, 0) is 36.4 Å². The van der Waals surface area contributed by atoms with Gasteiger partial charge in [-0.3, -0.25) is 4.98 Å². The molecule has 160 valence electrons. The number of hydrogen-bond acceptors (Lipinski definition) is 5. The maximum atomic E-state index is 11.4. The highest BCUT2D eigenvalue weighted by molar-refractivity contribution is 5.86. The van der Waals surface area contributed by atoms with Crippen molar-refractivity contribution in [2.45, 2.75) is 24.5 Å². The molecule has 2 aromatic carbocycles. The molecule has 1 saturated heterocycles. The van der Waals surface area contributed by atoms with Crippen LogP contribution < -0.4 is 4.74 Å². The van der Waals surface area contributed by atoms with Gasteiger partial charge < -0.3 is 24.8 Å². The van der Waals surface area contributed by atoms with Crippen molar-refractivity contribution < 1.29 is 14.9 Å². The zero-order valence-electron chi connectivity index (χ0n) is 17.4. The van der Waals surface area contributed by atoms with Crippen LogP contribution in [0.4, 0.5) is 0 Å². The van der Waals surface area contributed by atoms with Gasteiger partial charge in [-0.2, -0.15) is 0 Å². The number of aromatic amines is 1. The van der Waals surface area contributed by atoms with Gasteiger partial charge in [0.1, 0.15) is 18.5 Å². The smallest absolute Gasteiger partial charge is 0.128 e. The number of fused-ring (bicyclic) bond motifs is 2. The van der Waals surface area contributed by atoms with Crippen molar-refractivity contribution in [2.24, 2.45) is 0 Å². The van der Waals surface area contributed by atoms with Crippen molar-refractivity contribution in [1.82, 2.24) is 14.9 Å². The van der Waals surface area contributed by atoms with Crippen LogP contribution in [0.5, 0.6) is 5.75 Å². The Balaban J connectivity index is 1.19. The van der Waals surface area contributed by atoms with Crippen molar-refractivity contribution in [3.63, 3.8) is 0 Å². The molecule has 31 heavy (non-hydrogen) atoms. The second-order valence-electron chi connectivity index (χ2n) is 8.40. The molecule has 3 N–H and O–H groups in total. The van der Waals surface area contributed by atoms with Gasteiger partial charge in [0.2, 0.25) is 0 Å². The number of nitrogens with zero attached hydrogens (tertiary/aromatic N) is 2. The Morgan fingerprint density at radius 1 is 1.03 bits per heavy atom. The number of H-pyrrole nitrogens is 1. The molecule has 0 saturated carbocycles. The Morgan fingerprint density at radius 3 is 2.74 bits per heavy atom. The normalized spacial score (nSPS) is 17.7. The van der Waals surface area contributed by atoms with Gasteiger partial charge in [-0.1, -0.05) is 30.3 Å². The van der Waals surface area contributed by atoms with Crippen molar-refractivity contribution in [2.75, 3.05) is 26.2 Å². The van der Waals surface area contributed by atoms with Gasteiger partial charge in [-0.25, -0.2) is 0 Å². The van der Waals surface area contributed by atoms with Gasteiger partial charge in [0, 0.05) is 60.1 Å². The quantitative estimate of drug-likeness (QED) is 0.448. The molecule has 3 heterocycles. The van der Waals surface area contributed by atoms with Crippen LogP contribution in [0.2, 0.25) is 0 Å². The molecule has 0 bridgehead atoms. The molecule has 0 aliphatic carbocycles. The summed E-state index contributed by atoms with van der Waals surface area (Å²) in [6.45, 7) is 2.18. The molecule has 0 amide bonds. The number of piperidine rings is 1. The van der Waals surface area contributed by atoms with Crippen LogP contribution in [-0.4, -0.2) is 57.4 Å². The van der Waals surface area contributed by atoms with E-state index >= 15 is 0 Å². The standard InChI is InChI=1S/C25H27N3O3/c29-19(17-31-24-7-3-6-23-21(24)8-11-27-23)16-28-12-9-25(30,10-13-28)22-15-26-14-18-4-1-2-5-20(18)22/h1-8,11,14-15,19,27,29-30H,9-10,12-13,16-17H2/t19-/m0/s1. The zero-order chi connectivity index (χ0) is 21.3. The summed E-state index contributed by atoms with van der Waals surface area (Å²) < 4.78 is 5.89. The molecule has 5 rings (SSSR count). The van der Waals surface area contributed by atoms with Crippen molar-refractivity contribution >= 4 is 21.7 Å². The van der Waals surface area contributed by atoms with E-state index in [2.05, 4.69) is 14.9 Å². The molecule has 1 aliphatic rings. The van der Waals surface area contributed by atoms with E-state index in [1.54, 1.807) is 6.20 Å². The molecule has 0 unspecified atom stereocenters. The van der Waals surface area contributed by atoms with Crippen LogP contribution in [-0.2, 0) is 5.60 Å². The highest BCUT2D eigenvalue weighted by Gasteiger charge is 2.35. The lowest BCUT2D eigenvalue weighted by Crippen LogP contribution is -2.46. The van der Waals surface area contributed by atoms with E-state index in [1.807, 2.05) is 60.9 Å². The van der Waals surface area contributed by atoms with Gasteiger partial charge in [-0.15, -0.1) is 0 Å². The summed E-state index contributed by atoms with van der Waals surface area (Å²) in [6.07, 6.45) is 6.13. The van der Waals surface area contributed by atoms with Crippen LogP contribution in [0.3, 0.4) is 0 Å². The number of nitrogens with one attached hydrogen (secondary N) is 1. The topological polar surface area (TPSA) is 81.6 Å². The minimum Gasteiger partial charge on any atom is -0.490 e. The predicted molar refractivity (Wildman–Crippen MR) is 121 cm³/mol. The third kappa shape index (κ3) is 4.02. The first kappa shape index (κ1) is 20.0. The maximum Gasteiger partial charge on any atom is 0.128 e. The molecule has 1 fully saturated rings. The molecule has 1 atom stereocenters. The molecule has 4 aromatic rings. The number of hydrogen-bond donors (Lipinski definition) is 3. The van der Waals surface area contributed by atoms with Crippen LogP contribution in [0.15, 0.2) is 67.1 Å². The third-order valence-electron chi connectivity index (χ3n) is 6.31. The average Bonchev–Trinajstić information content (AvgIpc) is 3.28. The lowest BCUT2D eigenvalue weighted by Gasteiger charge is -2.39. The molecule has 2 aromatic heterocycles. The van der Waals surface area contributed by atoms with Crippen LogP contribution in [0.1, 0.15) is 18.4 Å². The summed E-state index contributed by atoms with van der Waals surface area (Å²) in [4.78, 5) is 9.70. The highest BCUT2D eigenvalue weighted by atomic mass is 16.5. The summed E-state index contributed by atoms with van der Waals surface area (Å²) in [5.74, 6) is 0.772. The highest BCUT2D eigenvalue weighted by Crippen LogP contribution is 2.36. The van der Waals surface area contributed by atoms with E-state index in [1.165, 1.54) is 0 Å². The van der Waals surface area contributed by atoms with Gasteiger partial charge in [0.15, 0.2) is 0 Å². The molecule has 1 aliphatic heterocycles. The summed E-state index contributed by atoms with van der Waals surface area (Å²) in [6, 6.07) is 15.9. The Labute approximate surface area is 181 Å². The van der Waals surface area contributed by atoms with Gasteiger partial charge >= 0.3 is 0 Å². The summed E-state index contributed by atoms with van der Waals surface area (Å²) in [5.41, 5.74) is 1.02. The van der Waals surface area contributed by atoms with E-state index in [4.69, 9.17) is 4.74 Å². The summed E-state index contributed by atoms with van der Waals surface area (Å²) in [5, 5.41) is 25.0. The summed E-state index contributed by atoms with van der Waals surface area (Å²) >= 11 is 0. The van der Waals surface area contributed by atoms with Crippen molar-refractivity contribution in [3.05, 3.63) is 72.7 Å². The Kier molecular flexibility index (Phi) is 5.36. The van der Waals surface area contributed by atoms with Gasteiger partial charge in [0.25, 0.3) is 0 Å². The zero-order valence-corrected chi connectivity index (χ0v) is 17.4. The first-order valence-corrected chi connectivity index (χ1v) is 10.8. The Bertz CT molecular complexity index is 1180. The number of β-amino-alcohol motifs (C(OH)–C–C–N with tert-alkyl or cyclic N) is 1. The molecule has 6 heteroatoms. The van der Waals surface area contributed by atoms with Crippen molar-refractivity contribution in [3.8, 4) is 5.75 Å². The first-order chi connectivity index (χ1) is 15.1. The van der Waals surface area contributed by atoms with E-state index in [0.717, 1.165) is 33.0 Å². The lowest BCUT2D eigenvalue weighted by molar-refractivity contribution is -0.0364. The van der Waals surface area contributed by atoms with Crippen LogP contribution >= 0.6 is 0 Å². The number of pyridine rings is 1. The largest absolute Gasteiger partial charge is 0.490 e. The maximum absolute atomic E-state index is 11.4. The van der Waals surface area contributed by atoms with E-state index in [0.29, 0.717) is 32.5 Å². The molecular weight excluding hydrogens is 390 g/mol. The fourth-order valence-corrected chi connectivity index (χ4v) is 4.58. The number of aromatic nitrogens is 2. The molecule has 0 spiro atoms. The van der Waals surface area contributed by atoms with E-state index in [9.17, 15) is 10.2 Å². The number of aliphatic hydroxyl groups excluding tert-OH is 1. The number of rotatable bonds is 6. The van der Waals surface area contributed by atoms with E-state index in [-0.39, 0.29) is 6.61 Å². The molecule has 0 radical (unpaired) electrons. The number of aliphatic hydroxyl groups is 2. The minimum atomic E-state index is -0.893. The number of benzene rings is 2. The van der Waals surface area contributed by atoms with Crippen LogP contribution in [0.25, 0.3) is 21.7 Å². The fraction of sp³-hybridized carbons (Fsp3) is 0.320. The second-order valence-corrected chi connectivity index (χ2v) is 8.40. The third-order valence-corrected chi connectivity index (χ3v) is 6.31. The Hall–Kier alpha value is -2.93. The molecular formula is C25H27N3O3. The van der Waals surface area contributed by atoms with Crippen molar-refractivity contribution in [1.29, 1.82) is 0 Å². The summed E-state index contributed by atoms with van der Waals surface area (Å²) in [7, 11) is 0. The van der Waals surface area contributed by atoms with Crippen LogP contribution in [0, 0.1) is 0 Å². The number of likely N-dealkylation sites (tertiary alicyclic amines) is 1. The van der Waals surface area contributed by atoms with E-state index < -0.39 is 11.7 Å². The lowest BCUT2D eigenvalue weighted by atomic mass is 9.83. The predicted octanol–water partition coefficient (Wildman–Crippen LogP) is 3.44. The second kappa shape index (κ2) is 8.30. The Morgan fingerprint density at radius 2 is 1.87 bits per heavy atom. The van der Waals surface area contributed by atoms with Gasteiger partial charge in [0.05, 0.1) is 5.60 Å². The molecule has 6 nitrogen and oxygen atoms in total. The SMILES string of the molecule is O[C@H](COc1cccc2[nH]ccc12)CN1CCC(O)(c2cncc3ccccc23)CC1. The minimum absolute atomic E-state index is 0.234. The number of ether oxygens (including phenoxy) is 1. The fourth-order valence-electron chi connectivity index (χ4n) is 4.58. The average molecular weight is 418 g/mol.